The molecule has 4 atom stereocenters. The number of halogens is 2. The molecule has 0 bridgehead atoms. The number of nitrogens with two attached hydrogens (primary N) is 1. The van der Waals surface area contributed by atoms with Gasteiger partial charge >= 0.3 is 0 Å². The van der Waals surface area contributed by atoms with E-state index in [1.165, 1.54) is 35.0 Å². The van der Waals surface area contributed by atoms with Crippen molar-refractivity contribution in [2.45, 2.75) is 42.7 Å². The second kappa shape index (κ2) is 12.8. The summed E-state index contributed by atoms with van der Waals surface area (Å²) in [6, 6.07) is 18.4. The van der Waals surface area contributed by atoms with Gasteiger partial charge in [0, 0.05) is 11.0 Å². The highest BCUT2D eigenvalue weighted by molar-refractivity contribution is 9.10. The zero-order valence-corrected chi connectivity index (χ0v) is 24.0. The number of hydrogen-bond donors (Lipinski definition) is 3. The molecule has 210 valence electrons. The van der Waals surface area contributed by atoms with Crippen LogP contribution in [0.4, 0.5) is 10.2 Å². The van der Waals surface area contributed by atoms with Crippen molar-refractivity contribution in [2.75, 3.05) is 13.7 Å². The fourth-order valence-electron chi connectivity index (χ4n) is 4.62. The summed E-state index contributed by atoms with van der Waals surface area (Å²) < 4.78 is 29.9. The molecule has 0 unspecified atom stereocenters. The highest BCUT2D eigenvalue weighted by Gasteiger charge is 2.44. The summed E-state index contributed by atoms with van der Waals surface area (Å²) >= 11 is 4.95. The second-order valence-electron chi connectivity index (χ2n) is 9.39. The smallest absolute Gasteiger partial charge is 0.171 e. The predicted octanol–water partition coefficient (Wildman–Crippen LogP) is 4.53. The van der Waals surface area contributed by atoms with Crippen LogP contribution in [0.3, 0.4) is 0 Å². The van der Waals surface area contributed by atoms with E-state index in [4.69, 9.17) is 15.2 Å². The Labute approximate surface area is 243 Å². The lowest BCUT2D eigenvalue weighted by Gasteiger charge is -2.18. The Morgan fingerprint density at radius 3 is 2.83 bits per heavy atom. The Bertz CT molecular complexity index is 1500. The summed E-state index contributed by atoms with van der Waals surface area (Å²) in [5.41, 5.74) is 7.37. The summed E-state index contributed by atoms with van der Waals surface area (Å²) in [5, 5.41) is 24.3. The summed E-state index contributed by atoms with van der Waals surface area (Å²) in [4.78, 5) is 8.67. The molecule has 0 saturated carbocycles. The van der Waals surface area contributed by atoms with Crippen molar-refractivity contribution in [2.24, 2.45) is 10.7 Å². The third-order valence-electron chi connectivity index (χ3n) is 6.56. The predicted molar refractivity (Wildman–Crippen MR) is 156 cm³/mol. The molecule has 1 aromatic heterocycles. The molecule has 3 aromatic carbocycles. The van der Waals surface area contributed by atoms with Gasteiger partial charge in [0.15, 0.2) is 17.1 Å². The minimum atomic E-state index is -1.25. The van der Waals surface area contributed by atoms with Crippen molar-refractivity contribution in [3.63, 3.8) is 0 Å². The standard InChI is InChI=1S/C28H29BrFN5O4S/c1-34(12-17-5-4-7-20(30)11-17)40-27-26(32-15-31)35(16-33-27)28-25(37)24(36)22(39-28)14-38-13-19-10-9-18-6-2-3-8-21(18)23(19)29/h2-11,15-16,22,24-25,28,36-37H,12-14H2,1H3,(H2,31,32)/t22-,24-,25-,28-/m1/s1. The Morgan fingerprint density at radius 1 is 1.20 bits per heavy atom. The molecule has 1 aliphatic heterocycles. The zero-order valence-electron chi connectivity index (χ0n) is 21.6. The van der Waals surface area contributed by atoms with E-state index in [0.29, 0.717) is 24.0 Å². The van der Waals surface area contributed by atoms with Crippen LogP contribution in [0.5, 0.6) is 0 Å². The van der Waals surface area contributed by atoms with Crippen LogP contribution in [-0.2, 0) is 22.6 Å². The molecule has 5 rings (SSSR count). The molecular weight excluding hydrogens is 601 g/mol. The van der Waals surface area contributed by atoms with E-state index in [-0.39, 0.29) is 12.4 Å². The first-order valence-corrected chi connectivity index (χ1v) is 14.1. The topological polar surface area (TPSA) is 118 Å². The van der Waals surface area contributed by atoms with Crippen molar-refractivity contribution in [3.05, 3.63) is 88.4 Å². The van der Waals surface area contributed by atoms with E-state index in [1.807, 2.05) is 53.8 Å². The number of fused-ring (bicyclic) bond motifs is 1. The molecule has 1 fully saturated rings. The van der Waals surface area contributed by atoms with E-state index in [2.05, 4.69) is 25.9 Å². The fraction of sp³-hybridized carbons (Fsp3) is 0.286. The molecular formula is C28H29BrFN5O4S. The minimum Gasteiger partial charge on any atom is -0.390 e. The lowest BCUT2D eigenvalue weighted by molar-refractivity contribution is -0.0689. The lowest BCUT2D eigenvalue weighted by Crippen LogP contribution is -2.33. The molecule has 0 aliphatic carbocycles. The first-order valence-electron chi connectivity index (χ1n) is 12.6. The highest BCUT2D eigenvalue weighted by atomic mass is 79.9. The number of hydrogen-bond acceptors (Lipinski definition) is 8. The molecule has 1 saturated heterocycles. The SMILES string of the molecule is CN(Cc1cccc(F)c1)Sc1ncn([C@@H]2O[C@H](COCc3ccc4ccccc4c3Br)[C@@H](O)[C@H]2O)c1/N=C\N. The first kappa shape index (κ1) is 28.7. The van der Waals surface area contributed by atoms with Crippen LogP contribution in [-0.4, -0.2) is 62.4 Å². The van der Waals surface area contributed by atoms with E-state index < -0.39 is 24.5 Å². The molecule has 4 aromatic rings. The van der Waals surface area contributed by atoms with Gasteiger partial charge in [-0.25, -0.2) is 18.7 Å². The van der Waals surface area contributed by atoms with E-state index in [1.54, 1.807) is 6.07 Å². The third kappa shape index (κ3) is 6.23. The Balaban J connectivity index is 1.25. The summed E-state index contributed by atoms with van der Waals surface area (Å²) in [6.07, 6.45) is -1.55. The Morgan fingerprint density at radius 2 is 2.02 bits per heavy atom. The maximum Gasteiger partial charge on any atom is 0.171 e. The van der Waals surface area contributed by atoms with Crippen LogP contribution >= 0.6 is 27.9 Å². The summed E-state index contributed by atoms with van der Waals surface area (Å²) in [6.45, 7) is 0.816. The molecule has 0 radical (unpaired) electrons. The zero-order chi connectivity index (χ0) is 28.2. The van der Waals surface area contributed by atoms with Gasteiger partial charge in [0.2, 0.25) is 0 Å². The van der Waals surface area contributed by atoms with Crippen molar-refractivity contribution in [1.29, 1.82) is 0 Å². The molecule has 0 spiro atoms. The van der Waals surface area contributed by atoms with Gasteiger partial charge in [0.25, 0.3) is 0 Å². The molecule has 12 heteroatoms. The van der Waals surface area contributed by atoms with Crippen LogP contribution < -0.4 is 5.73 Å². The summed E-state index contributed by atoms with van der Waals surface area (Å²) in [5.74, 6) is 0.0551. The quantitative estimate of drug-likeness (QED) is 0.133. The lowest BCUT2D eigenvalue weighted by atomic mass is 10.1. The number of imidazole rings is 1. The normalized spacial score (nSPS) is 21.2. The van der Waals surface area contributed by atoms with Crippen molar-refractivity contribution in [1.82, 2.24) is 13.9 Å². The Hall–Kier alpha value is -2.84. The van der Waals surface area contributed by atoms with Gasteiger partial charge in [-0.15, -0.1) is 0 Å². The molecule has 1 aliphatic rings. The number of benzene rings is 3. The van der Waals surface area contributed by atoms with Gasteiger partial charge in [-0.05, 0) is 69.0 Å². The molecule has 0 amide bonds. The van der Waals surface area contributed by atoms with Gasteiger partial charge in [0.05, 0.1) is 25.9 Å². The highest BCUT2D eigenvalue weighted by Crippen LogP contribution is 2.38. The van der Waals surface area contributed by atoms with E-state index >= 15 is 0 Å². The van der Waals surface area contributed by atoms with Gasteiger partial charge < -0.3 is 25.4 Å². The number of aliphatic hydroxyl groups is 2. The number of aliphatic hydroxyl groups excluding tert-OH is 2. The molecule has 40 heavy (non-hydrogen) atoms. The monoisotopic (exact) mass is 629 g/mol. The fourth-order valence-corrected chi connectivity index (χ4v) is 6.08. The van der Waals surface area contributed by atoms with Crippen LogP contribution in [0.1, 0.15) is 17.4 Å². The second-order valence-corrected chi connectivity index (χ2v) is 11.4. The van der Waals surface area contributed by atoms with Crippen LogP contribution in [0, 0.1) is 5.82 Å². The number of aliphatic imine (C=N–C) groups is 1. The average molecular weight is 631 g/mol. The van der Waals surface area contributed by atoms with Gasteiger partial charge in [-0.2, -0.15) is 0 Å². The minimum absolute atomic E-state index is 0.0656. The maximum atomic E-state index is 13.6. The van der Waals surface area contributed by atoms with Crippen molar-refractivity contribution >= 4 is 50.8 Å². The van der Waals surface area contributed by atoms with E-state index in [0.717, 1.165) is 32.7 Å². The number of ether oxygens (including phenoxy) is 2. The van der Waals surface area contributed by atoms with Gasteiger partial charge in [-0.3, -0.25) is 4.57 Å². The number of nitrogens with zero attached hydrogens (tertiary/aromatic N) is 4. The third-order valence-corrected chi connectivity index (χ3v) is 8.40. The Kier molecular flexibility index (Phi) is 9.16. The van der Waals surface area contributed by atoms with Crippen molar-refractivity contribution < 1.29 is 24.1 Å². The van der Waals surface area contributed by atoms with Gasteiger partial charge in [0.1, 0.15) is 24.1 Å². The van der Waals surface area contributed by atoms with Gasteiger partial charge in [-0.1, -0.05) is 48.5 Å². The van der Waals surface area contributed by atoms with Crippen LogP contribution in [0.25, 0.3) is 10.8 Å². The first-order chi connectivity index (χ1) is 19.4. The number of rotatable bonds is 10. The maximum absolute atomic E-state index is 13.6. The molecule has 4 N–H and O–H groups in total. The van der Waals surface area contributed by atoms with Crippen molar-refractivity contribution in [3.8, 4) is 0 Å². The van der Waals surface area contributed by atoms with E-state index in [9.17, 15) is 14.6 Å². The largest absolute Gasteiger partial charge is 0.390 e. The molecule has 9 nitrogen and oxygen atoms in total. The average Bonchev–Trinajstić information content (AvgIpc) is 3.45. The summed E-state index contributed by atoms with van der Waals surface area (Å²) in [7, 11) is 1.84. The number of aromatic nitrogens is 2. The molecule has 2 heterocycles. The van der Waals surface area contributed by atoms with Crippen LogP contribution in [0.2, 0.25) is 0 Å². The van der Waals surface area contributed by atoms with Crippen LogP contribution in [0.15, 0.2) is 81.5 Å².